The summed E-state index contributed by atoms with van der Waals surface area (Å²) in [6.07, 6.45) is 0. The number of carbonyl (C=O) groups is 2. The Kier molecular flexibility index (Phi) is 6.01. The van der Waals surface area contributed by atoms with Crippen LogP contribution in [0.3, 0.4) is 0 Å². The lowest BCUT2D eigenvalue weighted by Gasteiger charge is -2.30. The molecule has 1 fully saturated rings. The molecule has 0 atom stereocenters. The van der Waals surface area contributed by atoms with Gasteiger partial charge in [-0.05, 0) is 41.1 Å². The van der Waals surface area contributed by atoms with E-state index >= 15 is 0 Å². The van der Waals surface area contributed by atoms with E-state index in [1.54, 1.807) is 18.2 Å². The maximum atomic E-state index is 13.2. The van der Waals surface area contributed by atoms with Crippen LogP contribution in [-0.4, -0.2) is 45.3 Å². The van der Waals surface area contributed by atoms with E-state index in [4.69, 9.17) is 9.47 Å². The molecule has 3 aromatic carbocycles. The first-order valence-electron chi connectivity index (χ1n) is 9.62. The number of hydrogen-bond acceptors (Lipinski definition) is 5. The molecule has 4 rings (SSSR count). The predicted octanol–water partition coefficient (Wildman–Crippen LogP) is 4.48. The quantitative estimate of drug-likeness (QED) is 0.571. The number of benzene rings is 3. The molecule has 1 amide bonds. The number of nitrogens with one attached hydrogen (secondary N) is 1. The second kappa shape index (κ2) is 8.85. The summed E-state index contributed by atoms with van der Waals surface area (Å²) in [5, 5.41) is 4.82. The molecule has 3 aromatic rings. The smallest absolute Gasteiger partial charge is 0.337 e. The molecule has 1 saturated heterocycles. The van der Waals surface area contributed by atoms with E-state index < -0.39 is 5.97 Å². The van der Waals surface area contributed by atoms with Crippen LogP contribution >= 0.6 is 15.9 Å². The Morgan fingerprint density at radius 3 is 2.53 bits per heavy atom. The monoisotopic (exact) mass is 468 g/mol. The van der Waals surface area contributed by atoms with Gasteiger partial charge in [0.25, 0.3) is 5.91 Å². The van der Waals surface area contributed by atoms with Gasteiger partial charge in [0.05, 0.1) is 37.3 Å². The number of carbonyl (C=O) groups excluding carboxylic acids is 2. The minimum absolute atomic E-state index is 0.241. The summed E-state index contributed by atoms with van der Waals surface area (Å²) < 4.78 is 11.2. The zero-order valence-corrected chi connectivity index (χ0v) is 18.1. The number of esters is 1. The second-order valence-corrected chi connectivity index (χ2v) is 7.77. The van der Waals surface area contributed by atoms with Crippen LogP contribution in [0.1, 0.15) is 20.7 Å². The first-order valence-corrected chi connectivity index (χ1v) is 10.4. The fraction of sp³-hybridized carbons (Fsp3) is 0.217. The van der Waals surface area contributed by atoms with E-state index in [2.05, 4.69) is 26.1 Å². The van der Waals surface area contributed by atoms with Crippen LogP contribution in [0.4, 0.5) is 11.4 Å². The molecule has 154 valence electrons. The van der Waals surface area contributed by atoms with E-state index in [1.165, 1.54) is 7.11 Å². The molecule has 0 aromatic heterocycles. The molecule has 0 bridgehead atoms. The van der Waals surface area contributed by atoms with Crippen molar-refractivity contribution in [1.29, 1.82) is 0 Å². The van der Waals surface area contributed by atoms with E-state index in [0.29, 0.717) is 43.1 Å². The average Bonchev–Trinajstić information content (AvgIpc) is 2.79. The van der Waals surface area contributed by atoms with Gasteiger partial charge in [0.15, 0.2) is 0 Å². The van der Waals surface area contributed by atoms with Crippen molar-refractivity contribution in [2.45, 2.75) is 0 Å². The van der Waals surface area contributed by atoms with Gasteiger partial charge in [-0.1, -0.05) is 40.2 Å². The van der Waals surface area contributed by atoms with Gasteiger partial charge in [-0.25, -0.2) is 4.79 Å². The Balaban J connectivity index is 1.73. The predicted molar refractivity (Wildman–Crippen MR) is 120 cm³/mol. The molecule has 0 saturated carbocycles. The third-order valence-corrected chi connectivity index (χ3v) is 5.82. The lowest BCUT2D eigenvalue weighted by atomic mass is 10.0. The largest absolute Gasteiger partial charge is 0.465 e. The molecule has 0 unspecified atom stereocenters. The standard InChI is InChI=1S/C23H21BrN2O4/c1-29-23(28)15-8-9-21(26-10-12-30-13-11-26)20(14-15)25-22(27)18-6-2-5-17-16(18)4-3-7-19(17)24/h2-9,14H,10-13H2,1H3,(H,25,27). The van der Waals surface area contributed by atoms with Gasteiger partial charge >= 0.3 is 5.97 Å². The lowest BCUT2D eigenvalue weighted by molar-refractivity contribution is 0.0600. The van der Waals surface area contributed by atoms with E-state index in [1.807, 2.05) is 36.4 Å². The molecule has 30 heavy (non-hydrogen) atoms. The molecule has 0 spiro atoms. The summed E-state index contributed by atoms with van der Waals surface area (Å²) in [4.78, 5) is 27.4. The number of anilines is 2. The van der Waals surface area contributed by atoms with Gasteiger partial charge in [0.2, 0.25) is 0 Å². The molecular weight excluding hydrogens is 448 g/mol. The van der Waals surface area contributed by atoms with Crippen LogP contribution in [0.5, 0.6) is 0 Å². The topological polar surface area (TPSA) is 67.9 Å². The number of hydrogen-bond donors (Lipinski definition) is 1. The third-order valence-electron chi connectivity index (χ3n) is 5.13. The van der Waals surface area contributed by atoms with Crippen LogP contribution in [0.15, 0.2) is 59.1 Å². The highest BCUT2D eigenvalue weighted by atomic mass is 79.9. The zero-order valence-electron chi connectivity index (χ0n) is 16.5. The molecule has 1 aliphatic rings. The number of nitrogens with zero attached hydrogens (tertiary/aromatic N) is 1. The van der Waals surface area contributed by atoms with Gasteiger partial charge in [0, 0.05) is 23.1 Å². The molecule has 1 aliphatic heterocycles. The first kappa shape index (κ1) is 20.4. The molecule has 7 heteroatoms. The Morgan fingerprint density at radius 2 is 1.77 bits per heavy atom. The Labute approximate surface area is 182 Å². The highest BCUT2D eigenvalue weighted by Crippen LogP contribution is 2.31. The number of morpholine rings is 1. The maximum Gasteiger partial charge on any atom is 0.337 e. The molecule has 1 N–H and O–H groups in total. The summed E-state index contributed by atoms with van der Waals surface area (Å²) in [6.45, 7) is 2.65. The summed E-state index contributed by atoms with van der Waals surface area (Å²) in [7, 11) is 1.34. The normalized spacial score (nSPS) is 13.9. The van der Waals surface area contributed by atoms with Crippen molar-refractivity contribution in [3.8, 4) is 0 Å². The highest BCUT2D eigenvalue weighted by Gasteiger charge is 2.20. The second-order valence-electron chi connectivity index (χ2n) is 6.92. The molecule has 6 nitrogen and oxygen atoms in total. The van der Waals surface area contributed by atoms with Gasteiger partial charge in [-0.15, -0.1) is 0 Å². The van der Waals surface area contributed by atoms with Crippen molar-refractivity contribution >= 4 is 50.0 Å². The fourth-order valence-corrected chi connectivity index (χ4v) is 4.12. The molecule has 0 aliphatic carbocycles. The minimum Gasteiger partial charge on any atom is -0.465 e. The van der Waals surface area contributed by atoms with Crippen molar-refractivity contribution in [1.82, 2.24) is 0 Å². The van der Waals surface area contributed by atoms with Crippen LogP contribution in [-0.2, 0) is 9.47 Å². The third kappa shape index (κ3) is 4.04. The van der Waals surface area contributed by atoms with E-state index in [9.17, 15) is 9.59 Å². The maximum absolute atomic E-state index is 13.2. The Morgan fingerprint density at radius 1 is 1.03 bits per heavy atom. The Bertz CT molecular complexity index is 1110. The summed E-state index contributed by atoms with van der Waals surface area (Å²) >= 11 is 3.54. The molecule has 1 heterocycles. The van der Waals surface area contributed by atoms with Crippen LogP contribution < -0.4 is 10.2 Å². The van der Waals surface area contributed by atoms with E-state index in [-0.39, 0.29) is 5.91 Å². The summed E-state index contributed by atoms with van der Waals surface area (Å²) in [5.41, 5.74) is 2.35. The Hall–Kier alpha value is -2.90. The summed E-state index contributed by atoms with van der Waals surface area (Å²) in [6, 6.07) is 16.6. The molecular formula is C23H21BrN2O4. The van der Waals surface area contributed by atoms with Gasteiger partial charge in [-0.3, -0.25) is 4.79 Å². The highest BCUT2D eigenvalue weighted by molar-refractivity contribution is 9.10. The van der Waals surface area contributed by atoms with Gasteiger partial charge in [0.1, 0.15) is 0 Å². The van der Waals surface area contributed by atoms with Crippen molar-refractivity contribution < 1.29 is 19.1 Å². The van der Waals surface area contributed by atoms with Crippen molar-refractivity contribution in [2.75, 3.05) is 43.6 Å². The van der Waals surface area contributed by atoms with Crippen molar-refractivity contribution in [3.63, 3.8) is 0 Å². The van der Waals surface area contributed by atoms with Gasteiger partial charge < -0.3 is 19.7 Å². The van der Waals surface area contributed by atoms with E-state index in [0.717, 1.165) is 20.9 Å². The number of methoxy groups -OCH3 is 1. The van der Waals surface area contributed by atoms with Crippen LogP contribution in [0.25, 0.3) is 10.8 Å². The zero-order chi connectivity index (χ0) is 21.1. The van der Waals surface area contributed by atoms with Crippen molar-refractivity contribution in [3.05, 3.63) is 70.2 Å². The number of fused-ring (bicyclic) bond motifs is 1. The number of ether oxygens (including phenoxy) is 2. The number of rotatable bonds is 4. The minimum atomic E-state index is -0.451. The fourth-order valence-electron chi connectivity index (χ4n) is 3.62. The molecule has 0 radical (unpaired) electrons. The van der Waals surface area contributed by atoms with Crippen molar-refractivity contribution in [2.24, 2.45) is 0 Å². The van der Waals surface area contributed by atoms with Crippen LogP contribution in [0, 0.1) is 0 Å². The lowest BCUT2D eigenvalue weighted by Crippen LogP contribution is -2.36. The average molecular weight is 469 g/mol. The van der Waals surface area contributed by atoms with Gasteiger partial charge in [-0.2, -0.15) is 0 Å². The van der Waals surface area contributed by atoms with Crippen LogP contribution in [0.2, 0.25) is 0 Å². The first-order chi connectivity index (χ1) is 14.6. The number of halogens is 1. The SMILES string of the molecule is COC(=O)c1ccc(N2CCOCC2)c(NC(=O)c2cccc3c(Br)cccc23)c1. The number of amides is 1. The summed E-state index contributed by atoms with van der Waals surface area (Å²) in [5.74, 6) is -0.691.